The van der Waals surface area contributed by atoms with E-state index in [1.165, 1.54) is 30.8 Å². The lowest BCUT2D eigenvalue weighted by atomic mass is 9.95. The van der Waals surface area contributed by atoms with E-state index in [-0.39, 0.29) is 16.0 Å². The Balaban J connectivity index is 1.84. The monoisotopic (exact) mass is 505 g/mol. The molecule has 1 amide bonds. The quantitative estimate of drug-likeness (QED) is 0.501. The molecule has 36 heavy (non-hydrogen) atoms. The van der Waals surface area contributed by atoms with E-state index in [2.05, 4.69) is 4.99 Å². The molecule has 1 atom stereocenters. The van der Waals surface area contributed by atoms with Gasteiger partial charge in [-0.15, -0.1) is 0 Å². The first-order valence-corrected chi connectivity index (χ1v) is 11.9. The van der Waals surface area contributed by atoms with Crippen LogP contribution < -0.4 is 29.3 Å². The maximum absolute atomic E-state index is 14.0. The molecule has 0 fully saturated rings. The van der Waals surface area contributed by atoms with Crippen LogP contribution in [0.5, 0.6) is 11.5 Å². The summed E-state index contributed by atoms with van der Waals surface area (Å²) >= 11 is 1.13. The number of esters is 1. The molecule has 0 bridgehead atoms. The number of aromatic nitrogens is 1. The second-order valence-corrected chi connectivity index (χ2v) is 9.24. The van der Waals surface area contributed by atoms with Crippen LogP contribution in [-0.4, -0.2) is 44.8 Å². The summed E-state index contributed by atoms with van der Waals surface area (Å²) in [7, 11) is 6.00. The third-order valence-corrected chi connectivity index (χ3v) is 7.46. The minimum atomic E-state index is -0.840. The summed E-state index contributed by atoms with van der Waals surface area (Å²) in [5.41, 5.74) is 2.58. The summed E-state index contributed by atoms with van der Waals surface area (Å²) in [5, 5.41) is 0. The minimum absolute atomic E-state index is 0.226. The normalized spacial score (nSPS) is 18.0. The standard InChI is InChI=1S/C26H23N3O6S/c1-13-19(25(32)35-5)21(14-10-11-17(33-3)18(12-14)34-4)29-24(31)22(36-26(29)27-13)20-15-8-6-7-9-16(15)28(2)23(20)30/h6-12,21H,1-5H3/b22-20-. The smallest absolute Gasteiger partial charge is 0.338 e. The molecule has 2 aliphatic heterocycles. The maximum atomic E-state index is 14.0. The molecule has 3 aromatic rings. The summed E-state index contributed by atoms with van der Waals surface area (Å²) in [6, 6.07) is 11.7. The van der Waals surface area contributed by atoms with E-state index in [0.717, 1.165) is 17.0 Å². The molecule has 1 aromatic heterocycles. The lowest BCUT2D eigenvalue weighted by Crippen LogP contribution is -2.40. The molecule has 3 heterocycles. The van der Waals surface area contributed by atoms with Crippen LogP contribution in [0.2, 0.25) is 0 Å². The molecule has 184 valence electrons. The number of hydrogen-bond acceptors (Lipinski definition) is 8. The van der Waals surface area contributed by atoms with Crippen LogP contribution >= 0.6 is 11.3 Å². The van der Waals surface area contributed by atoms with Crippen LogP contribution in [0.3, 0.4) is 0 Å². The average Bonchev–Trinajstić information content (AvgIpc) is 3.34. The molecule has 0 N–H and O–H groups in total. The molecule has 1 unspecified atom stereocenters. The summed E-state index contributed by atoms with van der Waals surface area (Å²) in [4.78, 5) is 46.6. The van der Waals surface area contributed by atoms with Crippen LogP contribution in [0.15, 0.2) is 63.5 Å². The van der Waals surface area contributed by atoms with Gasteiger partial charge >= 0.3 is 5.97 Å². The van der Waals surface area contributed by atoms with E-state index in [9.17, 15) is 14.4 Å². The molecule has 0 saturated heterocycles. The Bertz CT molecular complexity index is 1650. The third kappa shape index (κ3) is 3.36. The zero-order valence-electron chi connectivity index (χ0n) is 20.3. The van der Waals surface area contributed by atoms with Crippen LogP contribution in [0, 0.1) is 0 Å². The average molecular weight is 506 g/mol. The van der Waals surface area contributed by atoms with E-state index in [1.54, 1.807) is 32.2 Å². The van der Waals surface area contributed by atoms with E-state index in [4.69, 9.17) is 14.2 Å². The second-order valence-electron chi connectivity index (χ2n) is 8.26. The minimum Gasteiger partial charge on any atom is -0.493 e. The van der Waals surface area contributed by atoms with Crippen molar-refractivity contribution in [2.45, 2.75) is 13.0 Å². The van der Waals surface area contributed by atoms with Gasteiger partial charge in [0.15, 0.2) is 16.3 Å². The molecule has 10 heteroatoms. The first kappa shape index (κ1) is 23.6. The molecule has 0 spiro atoms. The van der Waals surface area contributed by atoms with Gasteiger partial charge in [-0.05, 0) is 30.7 Å². The van der Waals surface area contributed by atoms with E-state index in [0.29, 0.717) is 38.7 Å². The molecule has 5 rings (SSSR count). The second kappa shape index (κ2) is 8.80. The lowest BCUT2D eigenvalue weighted by Gasteiger charge is -2.25. The van der Waals surface area contributed by atoms with Gasteiger partial charge in [0.1, 0.15) is 4.53 Å². The van der Waals surface area contributed by atoms with Crippen molar-refractivity contribution >= 4 is 34.5 Å². The largest absolute Gasteiger partial charge is 0.493 e. The topological polar surface area (TPSA) is 99.4 Å². The zero-order valence-corrected chi connectivity index (χ0v) is 21.1. The van der Waals surface area contributed by atoms with Crippen molar-refractivity contribution in [2.75, 3.05) is 33.3 Å². The molecular formula is C26H23N3O6S. The Morgan fingerprint density at radius 1 is 1.03 bits per heavy atom. The van der Waals surface area contributed by atoms with E-state index < -0.39 is 17.6 Å². The number of ether oxygens (including phenoxy) is 3. The predicted octanol–water partition coefficient (Wildman–Crippen LogP) is 1.77. The number of amides is 1. The SMILES string of the molecule is COC(=O)C1=C(C)N=c2s/c(=C3\C(=O)N(C)c4ccccc43)c(=O)n2C1c1ccc(OC)c(OC)c1. The van der Waals surface area contributed by atoms with Crippen molar-refractivity contribution in [3.63, 3.8) is 0 Å². The van der Waals surface area contributed by atoms with Crippen LogP contribution in [0.25, 0.3) is 5.57 Å². The number of methoxy groups -OCH3 is 3. The van der Waals surface area contributed by atoms with E-state index in [1.807, 2.05) is 24.3 Å². The lowest BCUT2D eigenvalue weighted by molar-refractivity contribution is -0.136. The van der Waals surface area contributed by atoms with Gasteiger partial charge < -0.3 is 19.1 Å². The fourth-order valence-electron chi connectivity index (χ4n) is 4.67. The van der Waals surface area contributed by atoms with Gasteiger partial charge in [-0.1, -0.05) is 35.6 Å². The molecule has 0 saturated carbocycles. The van der Waals surface area contributed by atoms with Crippen molar-refractivity contribution < 1.29 is 23.8 Å². The Labute approximate surface area is 210 Å². The molecule has 0 radical (unpaired) electrons. The van der Waals surface area contributed by atoms with Gasteiger partial charge in [0.2, 0.25) is 0 Å². The van der Waals surface area contributed by atoms with Crippen molar-refractivity contribution in [2.24, 2.45) is 4.99 Å². The number of carbonyl (C=O) groups is 2. The van der Waals surface area contributed by atoms with Crippen molar-refractivity contribution in [3.8, 4) is 11.5 Å². The number of benzene rings is 2. The molecular weight excluding hydrogens is 482 g/mol. The highest BCUT2D eigenvalue weighted by Gasteiger charge is 2.36. The maximum Gasteiger partial charge on any atom is 0.338 e. The number of likely N-dealkylation sites (N-methyl/N-ethyl adjacent to an activating group) is 1. The number of rotatable bonds is 4. The molecule has 2 aliphatic rings. The molecule has 2 aromatic carbocycles. The molecule has 9 nitrogen and oxygen atoms in total. The number of allylic oxidation sites excluding steroid dienone is 1. The number of carbonyl (C=O) groups excluding carboxylic acids is 2. The van der Waals surface area contributed by atoms with Crippen LogP contribution in [0.4, 0.5) is 5.69 Å². The summed E-state index contributed by atoms with van der Waals surface area (Å²) in [6.07, 6.45) is 0. The Hall–Kier alpha value is -4.18. The first-order valence-electron chi connectivity index (χ1n) is 11.0. The van der Waals surface area contributed by atoms with Gasteiger partial charge in [-0.2, -0.15) is 0 Å². The highest BCUT2D eigenvalue weighted by molar-refractivity contribution is 7.07. The van der Waals surface area contributed by atoms with E-state index >= 15 is 0 Å². The summed E-state index contributed by atoms with van der Waals surface area (Å²) in [5.74, 6) is 0.0803. The number of thiazole rings is 1. The van der Waals surface area contributed by atoms with Gasteiger partial charge in [0.25, 0.3) is 11.5 Å². The molecule has 0 aliphatic carbocycles. The Morgan fingerprint density at radius 3 is 2.44 bits per heavy atom. The number of fused-ring (bicyclic) bond motifs is 2. The number of anilines is 1. The van der Waals surface area contributed by atoms with Crippen molar-refractivity contribution in [3.05, 3.63) is 84.5 Å². The fraction of sp³-hybridized carbons (Fsp3) is 0.231. The summed E-state index contributed by atoms with van der Waals surface area (Å²) < 4.78 is 17.6. The number of nitrogens with zero attached hydrogens (tertiary/aromatic N) is 3. The summed E-state index contributed by atoms with van der Waals surface area (Å²) in [6.45, 7) is 1.70. The van der Waals surface area contributed by atoms with Gasteiger partial charge in [-0.3, -0.25) is 14.2 Å². The number of para-hydroxylation sites is 1. The Morgan fingerprint density at radius 2 is 1.75 bits per heavy atom. The van der Waals surface area contributed by atoms with Crippen molar-refractivity contribution in [1.29, 1.82) is 0 Å². The predicted molar refractivity (Wildman–Crippen MR) is 134 cm³/mol. The fourth-order valence-corrected chi connectivity index (χ4v) is 5.81. The van der Waals surface area contributed by atoms with Crippen LogP contribution in [0.1, 0.15) is 24.1 Å². The van der Waals surface area contributed by atoms with Crippen LogP contribution in [-0.2, 0) is 14.3 Å². The number of hydrogen-bond donors (Lipinski definition) is 0. The highest BCUT2D eigenvalue weighted by atomic mass is 32.1. The first-order chi connectivity index (χ1) is 17.3. The zero-order chi connectivity index (χ0) is 25.7. The Kier molecular flexibility index (Phi) is 5.76. The van der Waals surface area contributed by atoms with Crippen molar-refractivity contribution in [1.82, 2.24) is 4.57 Å². The third-order valence-electron chi connectivity index (χ3n) is 6.41. The van der Waals surface area contributed by atoms with Gasteiger partial charge in [0, 0.05) is 12.6 Å². The van der Waals surface area contributed by atoms with Gasteiger partial charge in [-0.25, -0.2) is 9.79 Å². The van der Waals surface area contributed by atoms with Gasteiger partial charge in [0.05, 0.1) is 49.9 Å². The highest BCUT2D eigenvalue weighted by Crippen LogP contribution is 2.37.